The third-order valence-electron chi connectivity index (χ3n) is 5.38. The van der Waals surface area contributed by atoms with Crippen molar-refractivity contribution in [2.75, 3.05) is 13.1 Å². The standard InChI is InChI=1S/C20H22N4O2/c25-18-11-24(12-19-22-23-20(26-19)14-5-6-14)10-15(18)9-16-8-7-13-3-1-2-4-17(13)21-16/h1-4,7-8,14-15,18,25H,5-6,9-12H2/t15-,18-/m1/s1. The number of benzene rings is 1. The molecule has 0 spiro atoms. The number of nitrogens with zero attached hydrogens (tertiary/aromatic N) is 4. The molecule has 0 unspecified atom stereocenters. The molecule has 1 aromatic carbocycles. The summed E-state index contributed by atoms with van der Waals surface area (Å²) in [7, 11) is 0. The van der Waals surface area contributed by atoms with E-state index in [4.69, 9.17) is 9.40 Å². The van der Waals surface area contributed by atoms with Gasteiger partial charge in [0.25, 0.3) is 0 Å². The van der Waals surface area contributed by atoms with E-state index in [9.17, 15) is 5.11 Å². The van der Waals surface area contributed by atoms with E-state index in [0.29, 0.717) is 24.9 Å². The second kappa shape index (κ2) is 6.45. The van der Waals surface area contributed by atoms with Crippen LogP contribution in [0.1, 0.15) is 36.2 Å². The molecule has 134 valence electrons. The molecule has 1 saturated heterocycles. The first-order valence-corrected chi connectivity index (χ1v) is 9.32. The molecule has 0 bridgehead atoms. The van der Waals surface area contributed by atoms with Gasteiger partial charge < -0.3 is 9.52 Å². The molecule has 1 N–H and O–H groups in total. The Labute approximate surface area is 151 Å². The fourth-order valence-corrected chi connectivity index (χ4v) is 3.78. The molecule has 1 aliphatic heterocycles. The number of hydrogen-bond donors (Lipinski definition) is 1. The van der Waals surface area contributed by atoms with Gasteiger partial charge in [0.1, 0.15) is 0 Å². The fourth-order valence-electron chi connectivity index (χ4n) is 3.78. The molecular formula is C20H22N4O2. The summed E-state index contributed by atoms with van der Waals surface area (Å²) in [5.74, 6) is 2.09. The zero-order valence-corrected chi connectivity index (χ0v) is 14.6. The van der Waals surface area contributed by atoms with Crippen LogP contribution >= 0.6 is 0 Å². The number of rotatable bonds is 5. The van der Waals surface area contributed by atoms with Crippen LogP contribution in [0.3, 0.4) is 0 Å². The molecule has 0 amide bonds. The van der Waals surface area contributed by atoms with E-state index >= 15 is 0 Å². The number of hydrogen-bond acceptors (Lipinski definition) is 6. The Morgan fingerprint density at radius 3 is 2.85 bits per heavy atom. The Kier molecular flexibility index (Phi) is 3.94. The molecule has 26 heavy (non-hydrogen) atoms. The van der Waals surface area contributed by atoms with Crippen LogP contribution < -0.4 is 0 Å². The molecule has 1 aliphatic carbocycles. The predicted octanol–water partition coefficient (Wildman–Crippen LogP) is 2.53. The topological polar surface area (TPSA) is 75.3 Å². The van der Waals surface area contributed by atoms with Crippen molar-refractivity contribution in [3.8, 4) is 0 Å². The summed E-state index contributed by atoms with van der Waals surface area (Å²) < 4.78 is 5.75. The van der Waals surface area contributed by atoms with Gasteiger partial charge in [0.2, 0.25) is 11.8 Å². The predicted molar refractivity (Wildman–Crippen MR) is 96.5 cm³/mol. The van der Waals surface area contributed by atoms with Crippen molar-refractivity contribution in [3.63, 3.8) is 0 Å². The van der Waals surface area contributed by atoms with Crippen molar-refractivity contribution in [3.05, 3.63) is 53.9 Å². The van der Waals surface area contributed by atoms with Crippen molar-refractivity contribution >= 4 is 10.9 Å². The summed E-state index contributed by atoms with van der Waals surface area (Å²) in [5.41, 5.74) is 2.04. The van der Waals surface area contributed by atoms with E-state index in [1.54, 1.807) is 0 Å². The lowest BCUT2D eigenvalue weighted by Crippen LogP contribution is -2.21. The normalized spacial score (nSPS) is 23.7. The summed E-state index contributed by atoms with van der Waals surface area (Å²) in [5, 5.41) is 19.9. The third-order valence-corrected chi connectivity index (χ3v) is 5.38. The van der Waals surface area contributed by atoms with Crippen LogP contribution in [-0.2, 0) is 13.0 Å². The molecule has 3 aromatic rings. The molecule has 2 atom stereocenters. The minimum absolute atomic E-state index is 0.175. The van der Waals surface area contributed by atoms with Crippen LogP contribution in [-0.4, -0.2) is 44.4 Å². The smallest absolute Gasteiger partial charge is 0.230 e. The van der Waals surface area contributed by atoms with Gasteiger partial charge in [0.05, 0.1) is 18.2 Å². The minimum Gasteiger partial charge on any atom is -0.424 e. The molecule has 2 aromatic heterocycles. The summed E-state index contributed by atoms with van der Waals surface area (Å²) in [4.78, 5) is 6.94. The first-order valence-electron chi connectivity index (χ1n) is 9.32. The number of fused-ring (bicyclic) bond motifs is 1. The first-order chi connectivity index (χ1) is 12.7. The van der Waals surface area contributed by atoms with Gasteiger partial charge in [-0.05, 0) is 31.4 Å². The lowest BCUT2D eigenvalue weighted by Gasteiger charge is -2.13. The Hall–Kier alpha value is -2.31. The number of β-amino-alcohol motifs (C(OH)–C–C–N with tert-alkyl or cyclic N) is 1. The Morgan fingerprint density at radius 1 is 1.08 bits per heavy atom. The van der Waals surface area contributed by atoms with E-state index in [2.05, 4.69) is 33.3 Å². The summed E-state index contributed by atoms with van der Waals surface area (Å²) >= 11 is 0. The van der Waals surface area contributed by atoms with Crippen LogP contribution in [0, 0.1) is 5.92 Å². The Bertz CT molecular complexity index is 921. The Morgan fingerprint density at radius 2 is 1.96 bits per heavy atom. The number of aliphatic hydroxyl groups excluding tert-OH is 1. The largest absolute Gasteiger partial charge is 0.424 e. The molecule has 5 rings (SSSR count). The van der Waals surface area contributed by atoms with Crippen molar-refractivity contribution in [2.24, 2.45) is 5.92 Å². The fraction of sp³-hybridized carbons (Fsp3) is 0.450. The van der Waals surface area contributed by atoms with E-state index in [-0.39, 0.29) is 12.0 Å². The lowest BCUT2D eigenvalue weighted by atomic mass is 9.99. The van der Waals surface area contributed by atoms with Gasteiger partial charge in [0, 0.05) is 36.0 Å². The summed E-state index contributed by atoms with van der Waals surface area (Å²) in [6.07, 6.45) is 2.74. The SMILES string of the molecule is O[C@@H]1CN(Cc2nnc(C3CC3)o2)C[C@H]1Cc1ccc2ccccc2n1. The molecule has 0 radical (unpaired) electrons. The van der Waals surface area contributed by atoms with Crippen LogP contribution in [0.2, 0.25) is 0 Å². The summed E-state index contributed by atoms with van der Waals surface area (Å²) in [6, 6.07) is 12.3. The zero-order chi connectivity index (χ0) is 17.5. The van der Waals surface area contributed by atoms with Crippen LogP contribution in [0.5, 0.6) is 0 Å². The number of para-hydroxylation sites is 1. The maximum Gasteiger partial charge on any atom is 0.230 e. The molecule has 2 aliphatic rings. The van der Waals surface area contributed by atoms with E-state index < -0.39 is 0 Å². The highest BCUT2D eigenvalue weighted by Crippen LogP contribution is 2.39. The highest BCUT2D eigenvalue weighted by Gasteiger charge is 2.33. The lowest BCUT2D eigenvalue weighted by molar-refractivity contribution is 0.139. The second-order valence-electron chi connectivity index (χ2n) is 7.53. The molecule has 6 nitrogen and oxygen atoms in total. The van der Waals surface area contributed by atoms with Crippen LogP contribution in [0.15, 0.2) is 40.8 Å². The first kappa shape index (κ1) is 15.9. The zero-order valence-electron chi connectivity index (χ0n) is 14.6. The van der Waals surface area contributed by atoms with E-state index in [1.807, 2.05) is 18.2 Å². The number of aromatic nitrogens is 3. The van der Waals surface area contributed by atoms with Gasteiger partial charge in [0.15, 0.2) is 0 Å². The quantitative estimate of drug-likeness (QED) is 0.762. The number of aliphatic hydroxyl groups is 1. The average Bonchev–Trinajstić information content (AvgIpc) is 3.31. The van der Waals surface area contributed by atoms with Gasteiger partial charge in [-0.15, -0.1) is 10.2 Å². The summed E-state index contributed by atoms with van der Waals surface area (Å²) in [6.45, 7) is 2.06. The van der Waals surface area contributed by atoms with E-state index in [1.165, 1.54) is 0 Å². The molecule has 3 heterocycles. The van der Waals surface area contributed by atoms with Gasteiger partial charge in [-0.1, -0.05) is 24.3 Å². The highest BCUT2D eigenvalue weighted by atomic mass is 16.4. The number of likely N-dealkylation sites (tertiary alicyclic amines) is 1. The molecular weight excluding hydrogens is 328 g/mol. The van der Waals surface area contributed by atoms with Crippen molar-refractivity contribution in [2.45, 2.75) is 37.8 Å². The highest BCUT2D eigenvalue weighted by molar-refractivity contribution is 5.78. The molecule has 1 saturated carbocycles. The monoisotopic (exact) mass is 350 g/mol. The maximum absolute atomic E-state index is 10.5. The van der Waals surface area contributed by atoms with Crippen LogP contribution in [0.4, 0.5) is 0 Å². The molecule has 2 fully saturated rings. The minimum atomic E-state index is -0.353. The number of pyridine rings is 1. The van der Waals surface area contributed by atoms with Crippen molar-refractivity contribution in [1.29, 1.82) is 0 Å². The van der Waals surface area contributed by atoms with Crippen molar-refractivity contribution < 1.29 is 9.52 Å². The molecule has 6 heteroatoms. The van der Waals surface area contributed by atoms with Gasteiger partial charge in [-0.25, -0.2) is 0 Å². The Balaban J connectivity index is 1.24. The van der Waals surface area contributed by atoms with Gasteiger partial charge in [-0.3, -0.25) is 9.88 Å². The second-order valence-corrected chi connectivity index (χ2v) is 7.53. The van der Waals surface area contributed by atoms with Crippen molar-refractivity contribution in [1.82, 2.24) is 20.1 Å². The van der Waals surface area contributed by atoms with Gasteiger partial charge in [-0.2, -0.15) is 0 Å². The average molecular weight is 350 g/mol. The maximum atomic E-state index is 10.5. The van der Waals surface area contributed by atoms with Crippen LogP contribution in [0.25, 0.3) is 10.9 Å². The third kappa shape index (κ3) is 3.22. The van der Waals surface area contributed by atoms with Gasteiger partial charge >= 0.3 is 0 Å². The van der Waals surface area contributed by atoms with E-state index in [0.717, 1.165) is 48.3 Å².